The van der Waals surface area contributed by atoms with Crippen molar-refractivity contribution in [2.75, 3.05) is 19.6 Å². The summed E-state index contributed by atoms with van der Waals surface area (Å²) in [6.45, 7) is 3.26. The summed E-state index contributed by atoms with van der Waals surface area (Å²) in [5.41, 5.74) is 2.21. The fourth-order valence-electron chi connectivity index (χ4n) is 3.94. The van der Waals surface area contributed by atoms with E-state index in [1.54, 1.807) is 0 Å². The van der Waals surface area contributed by atoms with Gasteiger partial charge < -0.3 is 5.32 Å². The number of rotatable bonds is 6. The van der Waals surface area contributed by atoms with Gasteiger partial charge in [-0.05, 0) is 67.5 Å². The van der Waals surface area contributed by atoms with Crippen molar-refractivity contribution in [1.82, 2.24) is 10.2 Å². The first-order chi connectivity index (χ1) is 13.6. The summed E-state index contributed by atoms with van der Waals surface area (Å²) in [6.07, 6.45) is 4.42. The number of halogens is 2. The smallest absolute Gasteiger partial charge is 0.224 e. The first-order valence-corrected chi connectivity index (χ1v) is 10.1. The molecule has 0 bridgehead atoms. The monoisotopic (exact) mass is 384 g/mol. The maximum atomic E-state index is 14.1. The zero-order chi connectivity index (χ0) is 19.5. The van der Waals surface area contributed by atoms with Crippen LogP contribution in [0.3, 0.4) is 0 Å². The van der Waals surface area contributed by atoms with E-state index in [0.717, 1.165) is 56.2 Å². The minimum Gasteiger partial charge on any atom is -0.356 e. The molecule has 1 unspecified atom stereocenters. The summed E-state index contributed by atoms with van der Waals surface area (Å²) in [5.74, 6) is -0.207. The summed E-state index contributed by atoms with van der Waals surface area (Å²) in [4.78, 5) is 14.7. The summed E-state index contributed by atoms with van der Waals surface area (Å²) in [7, 11) is 0. The van der Waals surface area contributed by atoms with Crippen LogP contribution in [0.4, 0.5) is 8.78 Å². The Bertz CT molecular complexity index is 850. The van der Waals surface area contributed by atoms with Gasteiger partial charge in [-0.1, -0.05) is 18.2 Å². The second-order valence-electron chi connectivity index (χ2n) is 8.09. The van der Waals surface area contributed by atoms with Crippen LogP contribution >= 0.6 is 0 Å². The third kappa shape index (κ3) is 4.76. The van der Waals surface area contributed by atoms with Crippen LogP contribution in [-0.4, -0.2) is 30.4 Å². The van der Waals surface area contributed by atoms with Gasteiger partial charge in [0.2, 0.25) is 5.91 Å². The quantitative estimate of drug-likeness (QED) is 0.802. The number of carbonyl (C=O) groups is 1. The lowest BCUT2D eigenvalue weighted by Crippen LogP contribution is -2.43. The maximum Gasteiger partial charge on any atom is 0.224 e. The van der Waals surface area contributed by atoms with Crippen LogP contribution in [0.5, 0.6) is 0 Å². The normalized spacial score (nSPS) is 20.1. The lowest BCUT2D eigenvalue weighted by molar-refractivity contribution is -0.126. The summed E-state index contributed by atoms with van der Waals surface area (Å²) in [5, 5.41) is 3.10. The third-order valence-electron chi connectivity index (χ3n) is 5.71. The van der Waals surface area contributed by atoms with E-state index < -0.39 is 11.6 Å². The molecule has 1 saturated heterocycles. The van der Waals surface area contributed by atoms with Crippen LogP contribution in [0.15, 0.2) is 42.5 Å². The highest BCUT2D eigenvalue weighted by Gasteiger charge is 2.28. The van der Waals surface area contributed by atoms with E-state index in [1.807, 2.05) is 24.3 Å². The molecule has 1 amide bonds. The number of benzene rings is 2. The van der Waals surface area contributed by atoms with Crippen LogP contribution in [0.2, 0.25) is 0 Å². The van der Waals surface area contributed by atoms with Crippen LogP contribution in [0.25, 0.3) is 11.1 Å². The van der Waals surface area contributed by atoms with E-state index in [4.69, 9.17) is 0 Å². The van der Waals surface area contributed by atoms with E-state index >= 15 is 0 Å². The Morgan fingerprint density at radius 2 is 1.96 bits per heavy atom. The molecule has 1 saturated carbocycles. The molecule has 5 heteroatoms. The van der Waals surface area contributed by atoms with Gasteiger partial charge in [0.05, 0.1) is 5.92 Å². The summed E-state index contributed by atoms with van der Waals surface area (Å²) < 4.78 is 27.3. The molecule has 2 aliphatic rings. The molecular weight excluding hydrogens is 358 g/mol. The zero-order valence-corrected chi connectivity index (χ0v) is 16.0. The van der Waals surface area contributed by atoms with E-state index in [2.05, 4.69) is 10.2 Å². The molecule has 1 heterocycles. The molecule has 28 heavy (non-hydrogen) atoms. The molecule has 2 fully saturated rings. The van der Waals surface area contributed by atoms with E-state index in [-0.39, 0.29) is 11.8 Å². The Morgan fingerprint density at radius 1 is 1.11 bits per heavy atom. The van der Waals surface area contributed by atoms with Gasteiger partial charge in [-0.3, -0.25) is 9.69 Å². The van der Waals surface area contributed by atoms with Crippen molar-refractivity contribution >= 4 is 5.91 Å². The van der Waals surface area contributed by atoms with Gasteiger partial charge in [0.25, 0.3) is 0 Å². The molecule has 2 aromatic rings. The fraction of sp³-hybridized carbons (Fsp3) is 0.435. The van der Waals surface area contributed by atoms with Gasteiger partial charge in [0.1, 0.15) is 11.6 Å². The standard InChI is InChI=1S/C23H26F2N2O/c24-20-8-9-21(22(25)12-20)18-4-1-3-17(11-18)14-27-10-2-5-19(15-27)23(28)26-13-16-6-7-16/h1,3-4,8-9,11-12,16,19H,2,5-7,10,13-15H2,(H,26,28). The molecular formula is C23H26F2N2O. The molecule has 1 aliphatic carbocycles. The van der Waals surface area contributed by atoms with Gasteiger partial charge in [-0.25, -0.2) is 8.78 Å². The second-order valence-corrected chi connectivity index (χ2v) is 8.09. The van der Waals surface area contributed by atoms with Crippen molar-refractivity contribution in [2.45, 2.75) is 32.2 Å². The number of carbonyl (C=O) groups excluding carboxylic acids is 1. The van der Waals surface area contributed by atoms with Gasteiger partial charge in [0.15, 0.2) is 0 Å². The SMILES string of the molecule is O=C(NCC1CC1)C1CCCN(Cc2cccc(-c3ccc(F)cc3F)c2)C1. The van der Waals surface area contributed by atoms with E-state index in [9.17, 15) is 13.6 Å². The Kier molecular flexibility index (Phi) is 5.72. The first-order valence-electron chi connectivity index (χ1n) is 10.1. The Labute approximate surface area is 164 Å². The minimum atomic E-state index is -0.572. The van der Waals surface area contributed by atoms with E-state index in [1.165, 1.54) is 25.0 Å². The highest BCUT2D eigenvalue weighted by molar-refractivity contribution is 5.79. The Balaban J connectivity index is 1.40. The van der Waals surface area contributed by atoms with Crippen LogP contribution in [-0.2, 0) is 11.3 Å². The first kappa shape index (κ1) is 19.1. The lowest BCUT2D eigenvalue weighted by Gasteiger charge is -2.32. The molecule has 0 spiro atoms. The number of hydrogen-bond donors (Lipinski definition) is 1. The van der Waals surface area contributed by atoms with Crippen molar-refractivity contribution in [1.29, 1.82) is 0 Å². The van der Waals surface area contributed by atoms with Crippen molar-refractivity contribution in [3.63, 3.8) is 0 Å². The van der Waals surface area contributed by atoms with Crippen LogP contribution < -0.4 is 5.32 Å². The molecule has 2 aromatic carbocycles. The number of hydrogen-bond acceptors (Lipinski definition) is 2. The largest absolute Gasteiger partial charge is 0.356 e. The minimum absolute atomic E-state index is 0.0465. The maximum absolute atomic E-state index is 14.1. The van der Waals surface area contributed by atoms with E-state index in [0.29, 0.717) is 11.5 Å². The Hall–Kier alpha value is -2.27. The number of likely N-dealkylation sites (tertiary alicyclic amines) is 1. The average molecular weight is 384 g/mol. The average Bonchev–Trinajstić information content (AvgIpc) is 3.51. The molecule has 0 aromatic heterocycles. The highest BCUT2D eigenvalue weighted by Crippen LogP contribution is 2.28. The Morgan fingerprint density at radius 3 is 2.75 bits per heavy atom. The zero-order valence-electron chi connectivity index (χ0n) is 16.0. The van der Waals surface area contributed by atoms with Crippen molar-refractivity contribution in [3.05, 3.63) is 59.7 Å². The molecule has 4 rings (SSSR count). The number of amides is 1. The topological polar surface area (TPSA) is 32.3 Å². The van der Waals surface area contributed by atoms with Gasteiger partial charge in [-0.2, -0.15) is 0 Å². The fourth-order valence-corrected chi connectivity index (χ4v) is 3.94. The molecule has 1 atom stereocenters. The van der Waals surface area contributed by atoms with Crippen molar-refractivity contribution < 1.29 is 13.6 Å². The number of nitrogens with one attached hydrogen (secondary N) is 1. The lowest BCUT2D eigenvalue weighted by atomic mass is 9.96. The van der Waals surface area contributed by atoms with Crippen molar-refractivity contribution in [2.24, 2.45) is 11.8 Å². The molecule has 1 aliphatic heterocycles. The molecule has 0 radical (unpaired) electrons. The van der Waals surface area contributed by atoms with Crippen molar-refractivity contribution in [3.8, 4) is 11.1 Å². The van der Waals surface area contributed by atoms with Crippen LogP contribution in [0.1, 0.15) is 31.2 Å². The molecule has 148 valence electrons. The van der Waals surface area contributed by atoms with Gasteiger partial charge >= 0.3 is 0 Å². The molecule has 1 N–H and O–H groups in total. The number of nitrogens with zero attached hydrogens (tertiary/aromatic N) is 1. The predicted molar refractivity (Wildman–Crippen MR) is 106 cm³/mol. The number of piperidine rings is 1. The second kappa shape index (κ2) is 8.39. The molecule has 3 nitrogen and oxygen atoms in total. The van der Waals surface area contributed by atoms with Gasteiger partial charge in [0, 0.05) is 31.3 Å². The predicted octanol–water partition coefficient (Wildman–Crippen LogP) is 4.37. The summed E-state index contributed by atoms with van der Waals surface area (Å²) >= 11 is 0. The third-order valence-corrected chi connectivity index (χ3v) is 5.71. The highest BCUT2D eigenvalue weighted by atomic mass is 19.1. The van der Waals surface area contributed by atoms with Gasteiger partial charge in [-0.15, -0.1) is 0 Å². The van der Waals surface area contributed by atoms with Crippen LogP contribution in [0, 0.1) is 23.5 Å². The summed E-state index contributed by atoms with van der Waals surface area (Å²) in [6, 6.07) is 11.4.